The van der Waals surface area contributed by atoms with E-state index in [0.717, 1.165) is 53.9 Å². The average molecular weight is 604 g/mol. The Morgan fingerprint density at radius 3 is 1.84 bits per heavy atom. The van der Waals surface area contributed by atoms with Crippen molar-refractivity contribution in [2.45, 2.75) is 37.9 Å². The lowest BCUT2D eigenvalue weighted by Gasteiger charge is -2.26. The summed E-state index contributed by atoms with van der Waals surface area (Å²) in [5.74, 6) is 3.13. The van der Waals surface area contributed by atoms with Crippen LogP contribution in [0.2, 0.25) is 0 Å². The van der Waals surface area contributed by atoms with E-state index in [9.17, 15) is 15.2 Å². The van der Waals surface area contributed by atoms with Crippen molar-refractivity contribution in [3.8, 4) is 34.5 Å². The van der Waals surface area contributed by atoms with Crippen molar-refractivity contribution in [3.63, 3.8) is 0 Å². The van der Waals surface area contributed by atoms with Crippen LogP contribution in [0.3, 0.4) is 0 Å². The number of nitro benzene ring substituents is 1. The standard InChI is InChI=1S/C22H19NO5.C15H14O2/c1-26-17-8-12-22(19(14-17)23(24)25)27-18-9-11-21-16(13-18)7-10-20(28-21)15-5-3-2-4-6-15;16-13-7-9-15-12(10-13)6-8-14(17-15)11-4-2-1-3-5-11/h2-6,8-9,11-14,20H,7,10H2,1H3;1-5,7,9-10,14,16H,6,8H2. The number of phenols is 1. The number of nitro groups is 1. The number of phenolic OH excluding ortho intramolecular Hbond substituents is 1. The summed E-state index contributed by atoms with van der Waals surface area (Å²) >= 11 is 0. The number of benzene rings is 5. The number of rotatable bonds is 6. The normalized spacial score (nSPS) is 16.4. The van der Waals surface area contributed by atoms with Crippen LogP contribution in [0.4, 0.5) is 5.69 Å². The molecule has 0 aromatic heterocycles. The molecular formula is C37H33NO7. The summed E-state index contributed by atoms with van der Waals surface area (Å²) in [6.07, 6.45) is 3.78. The van der Waals surface area contributed by atoms with Crippen molar-refractivity contribution in [3.05, 3.63) is 148 Å². The van der Waals surface area contributed by atoms with E-state index >= 15 is 0 Å². The van der Waals surface area contributed by atoms with Gasteiger partial charge in [0.2, 0.25) is 5.75 Å². The predicted octanol–water partition coefficient (Wildman–Crippen LogP) is 8.92. The van der Waals surface area contributed by atoms with Gasteiger partial charge >= 0.3 is 5.69 Å². The van der Waals surface area contributed by atoms with Crippen molar-refractivity contribution in [2.75, 3.05) is 7.11 Å². The number of nitrogens with zero attached hydrogens (tertiary/aromatic N) is 1. The molecule has 8 heteroatoms. The number of aromatic hydroxyl groups is 1. The molecule has 0 aliphatic carbocycles. The Labute approximate surface area is 261 Å². The van der Waals surface area contributed by atoms with Crippen LogP contribution in [0.25, 0.3) is 0 Å². The molecular weight excluding hydrogens is 570 g/mol. The van der Waals surface area contributed by atoms with E-state index in [1.807, 2.05) is 54.6 Å². The first-order valence-corrected chi connectivity index (χ1v) is 14.8. The summed E-state index contributed by atoms with van der Waals surface area (Å²) in [6.45, 7) is 0. The lowest BCUT2D eigenvalue weighted by Crippen LogP contribution is -2.15. The van der Waals surface area contributed by atoms with Gasteiger partial charge in [0.15, 0.2) is 0 Å². The van der Waals surface area contributed by atoms with Crippen LogP contribution < -0.4 is 18.9 Å². The van der Waals surface area contributed by atoms with Gasteiger partial charge in [-0.3, -0.25) is 10.1 Å². The van der Waals surface area contributed by atoms with E-state index in [-0.39, 0.29) is 23.6 Å². The zero-order valence-corrected chi connectivity index (χ0v) is 24.8. The molecule has 2 atom stereocenters. The van der Waals surface area contributed by atoms with Gasteiger partial charge in [0.05, 0.1) is 18.1 Å². The monoisotopic (exact) mass is 603 g/mol. The summed E-state index contributed by atoms with van der Waals surface area (Å²) < 4.78 is 22.9. The molecule has 0 spiro atoms. The van der Waals surface area contributed by atoms with E-state index in [1.54, 1.807) is 30.3 Å². The van der Waals surface area contributed by atoms with Crippen molar-refractivity contribution in [2.24, 2.45) is 0 Å². The Kier molecular flexibility index (Phi) is 8.82. The van der Waals surface area contributed by atoms with Crippen molar-refractivity contribution in [1.29, 1.82) is 0 Å². The van der Waals surface area contributed by atoms with E-state index in [4.69, 9.17) is 18.9 Å². The zero-order chi connectivity index (χ0) is 31.2. The molecule has 2 unspecified atom stereocenters. The van der Waals surface area contributed by atoms with Crippen LogP contribution in [0, 0.1) is 10.1 Å². The molecule has 8 nitrogen and oxygen atoms in total. The molecule has 0 amide bonds. The van der Waals surface area contributed by atoms with Crippen LogP contribution in [-0.2, 0) is 12.8 Å². The van der Waals surface area contributed by atoms with E-state index in [1.165, 1.54) is 18.7 Å². The van der Waals surface area contributed by atoms with E-state index in [0.29, 0.717) is 17.2 Å². The average Bonchev–Trinajstić information content (AvgIpc) is 3.09. The highest BCUT2D eigenvalue weighted by Gasteiger charge is 2.23. The molecule has 5 aromatic rings. The van der Waals surface area contributed by atoms with Crippen molar-refractivity contribution in [1.82, 2.24) is 0 Å². The second kappa shape index (κ2) is 13.4. The molecule has 7 rings (SSSR count). The first kappa shape index (κ1) is 29.6. The van der Waals surface area contributed by atoms with E-state index < -0.39 is 4.92 Å². The van der Waals surface area contributed by atoms with Crippen LogP contribution in [0.1, 0.15) is 47.3 Å². The summed E-state index contributed by atoms with van der Waals surface area (Å²) in [7, 11) is 1.46. The topological polar surface area (TPSA) is 100 Å². The summed E-state index contributed by atoms with van der Waals surface area (Å²) in [5.41, 5.74) is 4.35. The Hall–Kier alpha value is -5.50. The van der Waals surface area contributed by atoms with Gasteiger partial charge in [-0.1, -0.05) is 60.7 Å². The molecule has 1 N–H and O–H groups in total. The minimum atomic E-state index is -0.482. The number of fused-ring (bicyclic) bond motifs is 2. The van der Waals surface area contributed by atoms with Crippen LogP contribution in [0.15, 0.2) is 115 Å². The van der Waals surface area contributed by atoms with Gasteiger partial charge in [0.1, 0.15) is 41.0 Å². The number of hydrogen-bond donors (Lipinski definition) is 1. The minimum absolute atomic E-state index is 0.0307. The van der Waals surface area contributed by atoms with Gasteiger partial charge in [0.25, 0.3) is 0 Å². The molecule has 2 heterocycles. The highest BCUT2D eigenvalue weighted by atomic mass is 16.6. The smallest absolute Gasteiger partial charge is 0.315 e. The molecule has 5 aromatic carbocycles. The van der Waals surface area contributed by atoms with Gasteiger partial charge < -0.3 is 24.1 Å². The molecule has 0 saturated carbocycles. The van der Waals surface area contributed by atoms with Gasteiger partial charge in [-0.15, -0.1) is 0 Å². The maximum Gasteiger partial charge on any atom is 0.315 e. The van der Waals surface area contributed by atoms with Crippen molar-refractivity contribution >= 4 is 5.69 Å². The summed E-state index contributed by atoms with van der Waals surface area (Å²) in [4.78, 5) is 10.9. The minimum Gasteiger partial charge on any atom is -0.508 e. The highest BCUT2D eigenvalue weighted by Crippen LogP contribution is 2.40. The predicted molar refractivity (Wildman–Crippen MR) is 171 cm³/mol. The molecule has 0 bridgehead atoms. The first-order chi connectivity index (χ1) is 22.0. The molecule has 0 fully saturated rings. The SMILES string of the molecule is COc1ccc(Oc2ccc3c(c2)CCC(c2ccccc2)O3)c([N+](=O)[O-])c1.Oc1ccc2c(c1)CCC(c1ccccc1)O2. The third kappa shape index (κ3) is 7.02. The van der Waals surface area contributed by atoms with Crippen LogP contribution >= 0.6 is 0 Å². The Balaban J connectivity index is 0.000000179. The number of methoxy groups -OCH3 is 1. The van der Waals surface area contributed by atoms with Crippen molar-refractivity contribution < 1.29 is 29.0 Å². The number of aryl methyl sites for hydroxylation is 2. The number of hydrogen-bond acceptors (Lipinski definition) is 7. The first-order valence-electron chi connectivity index (χ1n) is 14.8. The zero-order valence-electron chi connectivity index (χ0n) is 24.8. The summed E-state index contributed by atoms with van der Waals surface area (Å²) in [5, 5.41) is 20.7. The van der Waals surface area contributed by atoms with Crippen LogP contribution in [-0.4, -0.2) is 17.1 Å². The van der Waals surface area contributed by atoms with Crippen LogP contribution in [0.5, 0.6) is 34.5 Å². The Bertz CT molecular complexity index is 1780. The van der Waals surface area contributed by atoms with Gasteiger partial charge in [0, 0.05) is 0 Å². The number of ether oxygens (including phenoxy) is 4. The molecule has 2 aliphatic heterocycles. The summed E-state index contributed by atoms with van der Waals surface area (Å²) in [6, 6.07) is 35.7. The lowest BCUT2D eigenvalue weighted by atomic mass is 9.97. The second-order valence-corrected chi connectivity index (χ2v) is 10.9. The van der Waals surface area contributed by atoms with Gasteiger partial charge in [-0.2, -0.15) is 0 Å². The molecule has 0 radical (unpaired) electrons. The second-order valence-electron chi connectivity index (χ2n) is 10.9. The van der Waals surface area contributed by atoms with E-state index in [2.05, 4.69) is 24.3 Å². The quantitative estimate of drug-likeness (QED) is 0.153. The molecule has 2 aliphatic rings. The highest BCUT2D eigenvalue weighted by molar-refractivity contribution is 5.53. The molecule has 0 saturated heterocycles. The maximum atomic E-state index is 11.3. The fourth-order valence-corrected chi connectivity index (χ4v) is 5.59. The Morgan fingerprint density at radius 2 is 1.27 bits per heavy atom. The van der Waals surface area contributed by atoms with Gasteiger partial charge in [-0.05, 0) is 96.5 Å². The fourth-order valence-electron chi connectivity index (χ4n) is 5.59. The largest absolute Gasteiger partial charge is 0.508 e. The molecule has 45 heavy (non-hydrogen) atoms. The third-order valence-electron chi connectivity index (χ3n) is 7.90. The fraction of sp³-hybridized carbons (Fsp3) is 0.189. The molecule has 228 valence electrons. The third-order valence-corrected chi connectivity index (χ3v) is 7.90. The maximum absolute atomic E-state index is 11.3. The Morgan fingerprint density at radius 1 is 0.711 bits per heavy atom. The lowest BCUT2D eigenvalue weighted by molar-refractivity contribution is -0.385. The van der Waals surface area contributed by atoms with Gasteiger partial charge in [-0.25, -0.2) is 0 Å².